The van der Waals surface area contributed by atoms with E-state index in [0.29, 0.717) is 12.3 Å². The molecule has 2 fully saturated rings. The summed E-state index contributed by atoms with van der Waals surface area (Å²) in [4.78, 5) is 30.4. The van der Waals surface area contributed by atoms with Crippen LogP contribution in [-0.2, 0) is 9.53 Å². The molecule has 118 valence electrons. The Morgan fingerprint density at radius 2 is 2.36 bits per heavy atom. The molecule has 1 aromatic rings. The highest BCUT2D eigenvalue weighted by atomic mass is 35.5. The van der Waals surface area contributed by atoms with E-state index in [1.165, 1.54) is 7.11 Å². The second-order valence-corrected chi connectivity index (χ2v) is 6.14. The van der Waals surface area contributed by atoms with Crippen molar-refractivity contribution in [3.63, 3.8) is 0 Å². The topological polar surface area (TPSA) is 107 Å². The Bertz CT molecular complexity index is 640. The van der Waals surface area contributed by atoms with E-state index in [1.807, 2.05) is 0 Å². The minimum Gasteiger partial charge on any atom is -0.467 e. The smallest absolute Gasteiger partial charge is 0.331 e. The van der Waals surface area contributed by atoms with Crippen LogP contribution in [0.15, 0.2) is 6.20 Å². The highest BCUT2D eigenvalue weighted by molar-refractivity contribution is 6.28. The van der Waals surface area contributed by atoms with Crippen LogP contribution < -0.4 is 5.32 Å². The number of nitrogens with one attached hydrogen (secondary N) is 1. The Morgan fingerprint density at radius 1 is 1.59 bits per heavy atom. The van der Waals surface area contributed by atoms with Crippen molar-refractivity contribution in [3.8, 4) is 0 Å². The number of fused-ring (bicyclic) bond motifs is 2. The van der Waals surface area contributed by atoms with Crippen LogP contribution in [0.25, 0.3) is 0 Å². The third-order valence-electron chi connectivity index (χ3n) is 4.68. The first kappa shape index (κ1) is 15.0. The number of nitrogens with zero attached hydrogens (tertiary/aromatic N) is 3. The molecule has 3 unspecified atom stereocenters. The molecule has 3 rings (SSSR count). The summed E-state index contributed by atoms with van der Waals surface area (Å²) in [7, 11) is 1.32. The van der Waals surface area contributed by atoms with Gasteiger partial charge in [-0.1, -0.05) is 0 Å². The second kappa shape index (κ2) is 5.35. The summed E-state index contributed by atoms with van der Waals surface area (Å²) in [6.07, 6.45) is 4.49. The van der Waals surface area contributed by atoms with Gasteiger partial charge in [0.05, 0.1) is 12.0 Å². The third-order valence-corrected chi connectivity index (χ3v) is 4.86. The van der Waals surface area contributed by atoms with Crippen molar-refractivity contribution in [1.29, 1.82) is 0 Å². The molecule has 3 atom stereocenters. The molecule has 0 radical (unpaired) electrons. The second-order valence-electron chi connectivity index (χ2n) is 5.80. The quantitative estimate of drug-likeness (QED) is 0.391. The van der Waals surface area contributed by atoms with Gasteiger partial charge in [0.15, 0.2) is 0 Å². The Balaban J connectivity index is 2.00. The number of carbonyl (C=O) groups excluding carboxylic acids is 1. The molecule has 0 aromatic carbocycles. The van der Waals surface area contributed by atoms with Crippen LogP contribution in [0.4, 0.5) is 11.5 Å². The van der Waals surface area contributed by atoms with Gasteiger partial charge in [0, 0.05) is 0 Å². The van der Waals surface area contributed by atoms with E-state index >= 15 is 0 Å². The van der Waals surface area contributed by atoms with Gasteiger partial charge in [0.1, 0.15) is 11.7 Å². The van der Waals surface area contributed by atoms with Crippen LogP contribution in [0.2, 0.25) is 5.28 Å². The van der Waals surface area contributed by atoms with Crippen LogP contribution in [0.5, 0.6) is 0 Å². The fourth-order valence-corrected chi connectivity index (χ4v) is 3.89. The number of esters is 1. The van der Waals surface area contributed by atoms with Crippen molar-refractivity contribution in [3.05, 3.63) is 21.6 Å². The molecule has 9 heteroatoms. The lowest BCUT2D eigenvalue weighted by Gasteiger charge is -2.35. The van der Waals surface area contributed by atoms with Gasteiger partial charge in [-0.25, -0.2) is 9.78 Å². The molecular formula is C13H15ClN4O4. The van der Waals surface area contributed by atoms with Gasteiger partial charge < -0.3 is 10.1 Å². The molecule has 2 bridgehead atoms. The van der Waals surface area contributed by atoms with Crippen molar-refractivity contribution < 1.29 is 14.5 Å². The first-order valence-electron chi connectivity index (χ1n) is 7.00. The number of carbonyl (C=O) groups is 1. The highest BCUT2D eigenvalue weighted by Crippen LogP contribution is 2.52. The molecular weight excluding hydrogens is 312 g/mol. The molecule has 22 heavy (non-hydrogen) atoms. The minimum absolute atomic E-state index is 0.0389. The molecule has 0 saturated heterocycles. The van der Waals surface area contributed by atoms with Crippen molar-refractivity contribution in [2.75, 3.05) is 12.4 Å². The Labute approximate surface area is 131 Å². The van der Waals surface area contributed by atoms with Crippen LogP contribution in [0.1, 0.15) is 25.7 Å². The molecule has 2 aliphatic rings. The average Bonchev–Trinajstić information content (AvgIpc) is 3.07. The molecule has 2 saturated carbocycles. The lowest BCUT2D eigenvalue weighted by molar-refractivity contribution is -0.384. The zero-order valence-corrected chi connectivity index (χ0v) is 12.7. The molecule has 1 aromatic heterocycles. The highest BCUT2D eigenvalue weighted by Gasteiger charge is 2.57. The summed E-state index contributed by atoms with van der Waals surface area (Å²) in [5.74, 6) is 0.0537. The zero-order chi connectivity index (χ0) is 15.9. The van der Waals surface area contributed by atoms with E-state index in [0.717, 1.165) is 25.5 Å². The van der Waals surface area contributed by atoms with E-state index in [1.54, 1.807) is 0 Å². The van der Waals surface area contributed by atoms with E-state index in [9.17, 15) is 14.9 Å². The number of halogens is 1. The van der Waals surface area contributed by atoms with E-state index < -0.39 is 16.4 Å². The van der Waals surface area contributed by atoms with Gasteiger partial charge in [-0.05, 0) is 49.1 Å². The maximum atomic E-state index is 12.4. The van der Waals surface area contributed by atoms with E-state index in [4.69, 9.17) is 16.3 Å². The Kier molecular flexibility index (Phi) is 3.64. The molecule has 8 nitrogen and oxygen atoms in total. The molecule has 1 N–H and O–H groups in total. The van der Waals surface area contributed by atoms with Crippen molar-refractivity contribution >= 4 is 29.1 Å². The zero-order valence-electron chi connectivity index (χ0n) is 11.9. The van der Waals surface area contributed by atoms with Gasteiger partial charge in [0.2, 0.25) is 11.1 Å². The SMILES string of the molecule is COC(=O)C1(Nc2nc(Cl)ncc2[N+](=O)[O-])CC2CCC1C2. The summed E-state index contributed by atoms with van der Waals surface area (Å²) in [5.41, 5.74) is -1.28. The fraction of sp³-hybridized carbons (Fsp3) is 0.615. The number of aromatic nitrogens is 2. The number of anilines is 1. The lowest BCUT2D eigenvalue weighted by Crippen LogP contribution is -2.51. The van der Waals surface area contributed by atoms with Crippen molar-refractivity contribution in [2.24, 2.45) is 11.8 Å². The molecule has 0 spiro atoms. The summed E-state index contributed by atoms with van der Waals surface area (Å²) in [5, 5.41) is 14.0. The summed E-state index contributed by atoms with van der Waals surface area (Å²) in [6, 6.07) is 0. The maximum absolute atomic E-state index is 12.4. The van der Waals surface area contributed by atoms with Gasteiger partial charge in [-0.2, -0.15) is 4.98 Å². The van der Waals surface area contributed by atoms with Crippen LogP contribution in [0.3, 0.4) is 0 Å². The number of nitro groups is 1. The van der Waals surface area contributed by atoms with Crippen molar-refractivity contribution in [2.45, 2.75) is 31.2 Å². The molecule has 2 aliphatic carbocycles. The first-order chi connectivity index (χ1) is 10.5. The first-order valence-corrected chi connectivity index (χ1v) is 7.37. The summed E-state index contributed by atoms with van der Waals surface area (Å²) < 4.78 is 4.95. The molecule has 0 aliphatic heterocycles. The normalized spacial score (nSPS) is 29.4. The Hall–Kier alpha value is -1.96. The van der Waals surface area contributed by atoms with Crippen LogP contribution in [0, 0.1) is 22.0 Å². The predicted octanol–water partition coefficient (Wildman–Crippen LogP) is 2.18. The van der Waals surface area contributed by atoms with Crippen molar-refractivity contribution in [1.82, 2.24) is 9.97 Å². The predicted molar refractivity (Wildman–Crippen MR) is 77.5 cm³/mol. The maximum Gasteiger partial charge on any atom is 0.331 e. The number of rotatable bonds is 4. The number of hydrogen-bond acceptors (Lipinski definition) is 7. The molecule has 1 heterocycles. The average molecular weight is 327 g/mol. The van der Waals surface area contributed by atoms with Gasteiger partial charge in [-0.3, -0.25) is 10.1 Å². The standard InChI is InChI=1S/C13H15ClN4O4/c1-22-11(19)13(5-7-2-3-8(13)4-7)17-10-9(18(20)21)6-15-12(14)16-10/h6-8H,2-5H2,1H3,(H,15,16,17). The van der Waals surface area contributed by atoms with Gasteiger partial charge in [0.25, 0.3) is 0 Å². The number of hydrogen-bond donors (Lipinski definition) is 1. The van der Waals surface area contributed by atoms with Crippen LogP contribution in [-0.4, -0.2) is 33.5 Å². The van der Waals surface area contributed by atoms with Gasteiger partial charge in [-0.15, -0.1) is 0 Å². The minimum atomic E-state index is -0.972. The van der Waals surface area contributed by atoms with Crippen LogP contribution >= 0.6 is 11.6 Å². The summed E-state index contributed by atoms with van der Waals surface area (Å²) >= 11 is 5.74. The summed E-state index contributed by atoms with van der Waals surface area (Å²) in [6.45, 7) is 0. The van der Waals surface area contributed by atoms with Gasteiger partial charge >= 0.3 is 11.7 Å². The number of methoxy groups -OCH3 is 1. The van der Waals surface area contributed by atoms with E-state index in [-0.39, 0.29) is 22.7 Å². The number of ether oxygens (including phenoxy) is 1. The largest absolute Gasteiger partial charge is 0.467 e. The Morgan fingerprint density at radius 3 is 2.91 bits per heavy atom. The molecule has 0 amide bonds. The van der Waals surface area contributed by atoms with E-state index in [2.05, 4.69) is 15.3 Å². The third kappa shape index (κ3) is 2.27. The monoisotopic (exact) mass is 326 g/mol. The fourth-order valence-electron chi connectivity index (χ4n) is 3.76. The lowest BCUT2D eigenvalue weighted by atomic mass is 9.80.